The number of nitrogens with zero attached hydrogens (tertiary/aromatic N) is 1. The van der Waals surface area contributed by atoms with Crippen molar-refractivity contribution in [2.45, 2.75) is 13.3 Å². The molecule has 23 heavy (non-hydrogen) atoms. The van der Waals surface area contributed by atoms with E-state index >= 15 is 0 Å². The molecule has 0 radical (unpaired) electrons. The zero-order chi connectivity index (χ0) is 16.4. The van der Waals surface area contributed by atoms with Crippen LogP contribution in [0.2, 0.25) is 5.02 Å². The van der Waals surface area contributed by atoms with E-state index in [0.29, 0.717) is 11.4 Å². The lowest BCUT2D eigenvalue weighted by Gasteiger charge is -2.15. The number of rotatable bonds is 3. The van der Waals surface area contributed by atoms with Gasteiger partial charge in [-0.15, -0.1) is 0 Å². The normalized spacial score (nSPS) is 11.4. The van der Waals surface area contributed by atoms with Crippen molar-refractivity contribution in [3.8, 4) is 11.1 Å². The van der Waals surface area contributed by atoms with Crippen LogP contribution in [-0.4, -0.2) is 10.1 Å². The molecule has 3 rings (SSSR count). The van der Waals surface area contributed by atoms with Gasteiger partial charge in [0.2, 0.25) is 0 Å². The van der Waals surface area contributed by atoms with Crippen LogP contribution in [0, 0.1) is 12.7 Å². The van der Waals surface area contributed by atoms with Gasteiger partial charge in [0.15, 0.2) is 0 Å². The van der Waals surface area contributed by atoms with Crippen LogP contribution in [0.4, 0.5) is 4.39 Å². The number of pyridine rings is 1. The summed E-state index contributed by atoms with van der Waals surface area (Å²) in [5.41, 5.74) is 4.55. The van der Waals surface area contributed by atoms with Crippen LogP contribution < -0.4 is 0 Å². The van der Waals surface area contributed by atoms with E-state index in [9.17, 15) is 4.39 Å². The molecule has 1 aromatic heterocycles. The topological polar surface area (TPSA) is 33.1 Å². The highest BCUT2D eigenvalue weighted by Gasteiger charge is 2.14. The minimum atomic E-state index is -0.279. The second-order valence-electron chi connectivity index (χ2n) is 5.31. The number of aliphatic hydroxyl groups is 1. The highest BCUT2D eigenvalue weighted by molar-refractivity contribution is 6.31. The standard InChI is InChI=1S/C19H15ClFNO/c1-12-16(3-2-10-23)19(13-4-7-15(21)8-5-13)17-11-14(20)6-9-18(17)22-12/h2,4-11,23H,3H2,1H3/b10-2+. The molecule has 0 bridgehead atoms. The first-order valence-electron chi connectivity index (χ1n) is 7.24. The maximum absolute atomic E-state index is 13.3. The van der Waals surface area contributed by atoms with E-state index in [1.165, 1.54) is 12.1 Å². The zero-order valence-electron chi connectivity index (χ0n) is 12.6. The first-order chi connectivity index (χ1) is 11.1. The van der Waals surface area contributed by atoms with Crippen LogP contribution in [0.15, 0.2) is 54.8 Å². The number of aliphatic hydroxyl groups excluding tert-OH is 1. The van der Waals surface area contributed by atoms with Gasteiger partial charge in [-0.3, -0.25) is 4.98 Å². The molecule has 0 atom stereocenters. The van der Waals surface area contributed by atoms with Crippen molar-refractivity contribution in [2.75, 3.05) is 0 Å². The number of fused-ring (bicyclic) bond motifs is 1. The van der Waals surface area contributed by atoms with Crippen LogP contribution in [0.25, 0.3) is 22.0 Å². The summed E-state index contributed by atoms with van der Waals surface area (Å²) in [6.07, 6.45) is 3.22. The van der Waals surface area contributed by atoms with Crippen LogP contribution in [0.1, 0.15) is 11.3 Å². The fourth-order valence-electron chi connectivity index (χ4n) is 2.76. The molecule has 4 heteroatoms. The van der Waals surface area contributed by atoms with Gasteiger partial charge < -0.3 is 5.11 Å². The van der Waals surface area contributed by atoms with Crippen LogP contribution in [0.5, 0.6) is 0 Å². The Kier molecular flexibility index (Phi) is 4.30. The van der Waals surface area contributed by atoms with Crippen molar-refractivity contribution in [2.24, 2.45) is 0 Å². The van der Waals surface area contributed by atoms with Gasteiger partial charge in [-0.2, -0.15) is 0 Å². The van der Waals surface area contributed by atoms with Gasteiger partial charge in [0.25, 0.3) is 0 Å². The van der Waals surface area contributed by atoms with Crippen molar-refractivity contribution >= 4 is 22.5 Å². The maximum atomic E-state index is 13.3. The predicted molar refractivity (Wildman–Crippen MR) is 92.4 cm³/mol. The summed E-state index contributed by atoms with van der Waals surface area (Å²) in [7, 11) is 0. The summed E-state index contributed by atoms with van der Waals surface area (Å²) in [5.74, 6) is -0.279. The Balaban J connectivity index is 2.37. The van der Waals surface area contributed by atoms with Crippen LogP contribution in [-0.2, 0) is 6.42 Å². The number of benzene rings is 2. The average Bonchev–Trinajstić information content (AvgIpc) is 2.54. The molecule has 0 spiro atoms. The number of halogens is 2. The predicted octanol–water partition coefficient (Wildman–Crippen LogP) is 5.62. The summed E-state index contributed by atoms with van der Waals surface area (Å²) in [6.45, 7) is 1.93. The van der Waals surface area contributed by atoms with Crippen molar-refractivity contribution in [1.29, 1.82) is 0 Å². The first kappa shape index (κ1) is 15.5. The number of hydrogen-bond donors (Lipinski definition) is 1. The van der Waals surface area contributed by atoms with Crippen LogP contribution in [0.3, 0.4) is 0 Å². The van der Waals surface area contributed by atoms with E-state index in [4.69, 9.17) is 16.7 Å². The van der Waals surface area contributed by atoms with Crippen molar-refractivity contribution in [3.05, 3.63) is 76.9 Å². The fraction of sp³-hybridized carbons (Fsp3) is 0.105. The SMILES string of the molecule is Cc1nc2ccc(Cl)cc2c(-c2ccc(F)cc2)c1C/C=C/O. The molecule has 3 aromatic rings. The minimum Gasteiger partial charge on any atom is -0.516 e. The monoisotopic (exact) mass is 327 g/mol. The Hall–Kier alpha value is -2.39. The quantitative estimate of drug-likeness (QED) is 0.633. The van der Waals surface area contributed by atoms with Gasteiger partial charge in [0, 0.05) is 16.1 Å². The molecule has 2 aromatic carbocycles. The summed E-state index contributed by atoms with van der Waals surface area (Å²) >= 11 is 6.16. The smallest absolute Gasteiger partial charge is 0.123 e. The molecule has 0 fully saturated rings. The third-order valence-electron chi connectivity index (χ3n) is 3.81. The largest absolute Gasteiger partial charge is 0.516 e. The van der Waals surface area contributed by atoms with E-state index in [-0.39, 0.29) is 5.82 Å². The lowest BCUT2D eigenvalue weighted by Crippen LogP contribution is -1.98. The van der Waals surface area contributed by atoms with Gasteiger partial charge in [0.1, 0.15) is 5.82 Å². The molecule has 1 heterocycles. The Morgan fingerprint density at radius 3 is 2.61 bits per heavy atom. The number of hydrogen-bond acceptors (Lipinski definition) is 2. The second kappa shape index (κ2) is 6.39. The zero-order valence-corrected chi connectivity index (χ0v) is 13.3. The Bertz CT molecular complexity index is 888. The highest BCUT2D eigenvalue weighted by atomic mass is 35.5. The van der Waals surface area contributed by atoms with Crippen molar-refractivity contribution in [1.82, 2.24) is 4.98 Å². The van der Waals surface area contributed by atoms with Crippen molar-refractivity contribution < 1.29 is 9.50 Å². The molecule has 116 valence electrons. The lowest BCUT2D eigenvalue weighted by atomic mass is 9.92. The van der Waals surface area contributed by atoms with Gasteiger partial charge in [-0.25, -0.2) is 4.39 Å². The van der Waals surface area contributed by atoms with Crippen molar-refractivity contribution in [3.63, 3.8) is 0 Å². The molecule has 0 aliphatic heterocycles. The van der Waals surface area contributed by atoms with E-state index in [0.717, 1.165) is 39.5 Å². The molecule has 0 saturated heterocycles. The maximum Gasteiger partial charge on any atom is 0.123 e. The van der Waals surface area contributed by atoms with E-state index in [1.807, 2.05) is 19.1 Å². The number of allylic oxidation sites excluding steroid dienone is 1. The second-order valence-corrected chi connectivity index (χ2v) is 5.74. The van der Waals surface area contributed by atoms with Gasteiger partial charge in [-0.1, -0.05) is 23.7 Å². The summed E-state index contributed by atoms with van der Waals surface area (Å²) < 4.78 is 13.3. The number of aryl methyl sites for hydroxylation is 1. The van der Waals surface area contributed by atoms with Gasteiger partial charge in [-0.05, 0) is 66.4 Å². The molecule has 0 aliphatic carbocycles. The molecular weight excluding hydrogens is 313 g/mol. The van der Waals surface area contributed by atoms with E-state index in [2.05, 4.69) is 4.98 Å². The Labute approximate surface area is 138 Å². The molecule has 0 unspecified atom stereocenters. The third-order valence-corrected chi connectivity index (χ3v) is 4.05. The third kappa shape index (κ3) is 3.06. The molecular formula is C19H15ClFNO. The first-order valence-corrected chi connectivity index (χ1v) is 7.62. The molecule has 0 amide bonds. The molecule has 2 nitrogen and oxygen atoms in total. The van der Waals surface area contributed by atoms with Gasteiger partial charge in [0.05, 0.1) is 11.8 Å². The lowest BCUT2D eigenvalue weighted by molar-refractivity contribution is 0.471. The molecule has 1 N–H and O–H groups in total. The summed E-state index contributed by atoms with van der Waals surface area (Å²) in [5, 5.41) is 10.5. The Morgan fingerprint density at radius 1 is 1.17 bits per heavy atom. The summed E-state index contributed by atoms with van der Waals surface area (Å²) in [4.78, 5) is 4.63. The number of aromatic nitrogens is 1. The average molecular weight is 328 g/mol. The van der Waals surface area contributed by atoms with Gasteiger partial charge >= 0.3 is 0 Å². The minimum absolute atomic E-state index is 0.279. The molecule has 0 aliphatic rings. The Morgan fingerprint density at radius 2 is 1.91 bits per heavy atom. The van der Waals surface area contributed by atoms with Crippen LogP contribution >= 0.6 is 11.6 Å². The fourth-order valence-corrected chi connectivity index (χ4v) is 2.94. The van der Waals surface area contributed by atoms with E-state index in [1.54, 1.807) is 24.3 Å². The molecule has 0 saturated carbocycles. The highest BCUT2D eigenvalue weighted by Crippen LogP contribution is 2.35. The summed E-state index contributed by atoms with van der Waals surface area (Å²) in [6, 6.07) is 11.9. The van der Waals surface area contributed by atoms with E-state index < -0.39 is 0 Å².